The number of nitrogens with zero attached hydrogens (tertiary/aromatic N) is 1. The van der Waals surface area contributed by atoms with E-state index in [0.29, 0.717) is 33.4 Å². The number of aromatic nitrogens is 1. The number of benzene rings is 3. The molecular formula is C30H26F2NO+. The molecule has 4 heteroatoms. The molecule has 0 saturated heterocycles. The average molecular weight is 459 g/mol. The Morgan fingerprint density at radius 1 is 0.882 bits per heavy atom. The Hall–Kier alpha value is -3.53. The Labute approximate surface area is 203 Å². The van der Waals surface area contributed by atoms with Crippen molar-refractivity contribution < 1.29 is 23.2 Å². The highest BCUT2D eigenvalue weighted by Crippen LogP contribution is 2.43. The molecule has 0 radical (unpaired) electrons. The maximum atomic E-state index is 15.5. The predicted molar refractivity (Wildman–Crippen MR) is 132 cm³/mol. The van der Waals surface area contributed by atoms with Crippen LogP contribution in [0.5, 0.6) is 0 Å². The largest absolute Gasteiger partial charge is 0.454 e. The third kappa shape index (κ3) is 3.16. The third-order valence-corrected chi connectivity index (χ3v) is 6.54. The Morgan fingerprint density at radius 3 is 2.38 bits per heavy atom. The van der Waals surface area contributed by atoms with Crippen molar-refractivity contribution in [3.8, 4) is 22.4 Å². The summed E-state index contributed by atoms with van der Waals surface area (Å²) in [5.74, 6) is -0.917. The highest BCUT2D eigenvalue weighted by atomic mass is 19.1. The lowest BCUT2D eigenvalue weighted by atomic mass is 9.90. The summed E-state index contributed by atoms with van der Waals surface area (Å²) in [4.78, 5) is 0. The zero-order chi connectivity index (χ0) is 27.4. The van der Waals surface area contributed by atoms with Crippen molar-refractivity contribution >= 4 is 21.9 Å². The van der Waals surface area contributed by atoms with Gasteiger partial charge in [0.2, 0.25) is 5.69 Å². The summed E-state index contributed by atoms with van der Waals surface area (Å²) in [6.07, 6.45) is -2.24. The van der Waals surface area contributed by atoms with E-state index in [4.69, 9.17) is 9.90 Å². The summed E-state index contributed by atoms with van der Waals surface area (Å²) >= 11 is 0. The van der Waals surface area contributed by atoms with Crippen LogP contribution in [0.25, 0.3) is 44.3 Å². The number of halogens is 2. The zero-order valence-electron chi connectivity index (χ0n) is 23.4. The highest BCUT2D eigenvalue weighted by molar-refractivity contribution is 6.13. The number of pyridine rings is 1. The highest BCUT2D eigenvalue weighted by Gasteiger charge is 2.29. The first-order valence-electron chi connectivity index (χ1n) is 13.2. The van der Waals surface area contributed by atoms with E-state index in [1.54, 1.807) is 48.9 Å². The first-order valence-corrected chi connectivity index (χ1v) is 11.2. The summed E-state index contributed by atoms with van der Waals surface area (Å²) in [5, 5.41) is 1.43. The second kappa shape index (κ2) is 7.23. The molecule has 0 bridgehead atoms. The van der Waals surface area contributed by atoms with Crippen LogP contribution in [-0.4, -0.2) is 0 Å². The molecule has 6 rings (SSSR count). The van der Waals surface area contributed by atoms with Gasteiger partial charge in [-0.25, -0.2) is 13.3 Å². The van der Waals surface area contributed by atoms with E-state index in [-0.39, 0.29) is 22.5 Å². The summed E-state index contributed by atoms with van der Waals surface area (Å²) in [6, 6.07) is 14.4. The van der Waals surface area contributed by atoms with Gasteiger partial charge in [-0.3, -0.25) is 0 Å². The van der Waals surface area contributed by atoms with E-state index >= 15 is 4.39 Å². The van der Waals surface area contributed by atoms with Crippen molar-refractivity contribution in [1.29, 1.82) is 0 Å². The summed E-state index contributed by atoms with van der Waals surface area (Å²) in [7, 11) is 1.82. The molecule has 0 spiro atoms. The molecular weight excluding hydrogens is 428 g/mol. The lowest BCUT2D eigenvalue weighted by Crippen LogP contribution is -2.30. The first kappa shape index (κ1) is 17.0. The summed E-state index contributed by atoms with van der Waals surface area (Å²) < 4.78 is 72.7. The van der Waals surface area contributed by atoms with E-state index in [9.17, 15) is 4.39 Å². The first-order chi connectivity index (χ1) is 17.8. The maximum Gasteiger partial charge on any atom is 0.219 e. The van der Waals surface area contributed by atoms with Gasteiger partial charge in [-0.1, -0.05) is 44.2 Å². The van der Waals surface area contributed by atoms with Gasteiger partial charge in [0, 0.05) is 28.4 Å². The zero-order valence-corrected chi connectivity index (χ0v) is 19.4. The Balaban J connectivity index is 1.65. The molecule has 1 aliphatic rings. The number of fused-ring (bicyclic) bond motifs is 4. The Kier molecular flexibility index (Phi) is 3.61. The average Bonchev–Trinajstić information content (AvgIpc) is 3.27. The Morgan fingerprint density at radius 2 is 1.59 bits per heavy atom. The number of hydrogen-bond acceptors (Lipinski definition) is 1. The van der Waals surface area contributed by atoms with Gasteiger partial charge < -0.3 is 4.42 Å². The van der Waals surface area contributed by atoms with Gasteiger partial charge in [-0.2, -0.15) is 0 Å². The number of hydrogen-bond donors (Lipinski definition) is 0. The molecule has 2 aromatic heterocycles. The number of aryl methyl sites for hydroxylation is 2. The van der Waals surface area contributed by atoms with Crippen LogP contribution in [0.1, 0.15) is 36.0 Å². The van der Waals surface area contributed by atoms with Crippen molar-refractivity contribution in [1.82, 2.24) is 0 Å². The smallest absolute Gasteiger partial charge is 0.219 e. The second-order valence-electron chi connectivity index (χ2n) is 9.51. The fraction of sp³-hybridized carbons (Fsp3) is 0.233. The van der Waals surface area contributed by atoms with E-state index in [1.807, 2.05) is 26.1 Å². The van der Waals surface area contributed by atoms with Crippen LogP contribution in [0.3, 0.4) is 0 Å². The van der Waals surface area contributed by atoms with E-state index in [0.717, 1.165) is 10.9 Å². The summed E-state index contributed by atoms with van der Waals surface area (Å²) in [5.41, 5.74) is 2.72. The minimum Gasteiger partial charge on any atom is -0.454 e. The van der Waals surface area contributed by atoms with Crippen molar-refractivity contribution in [3.63, 3.8) is 0 Å². The second-order valence-corrected chi connectivity index (χ2v) is 9.51. The molecule has 2 heterocycles. The monoisotopic (exact) mass is 458 g/mol. The van der Waals surface area contributed by atoms with Crippen LogP contribution in [0.4, 0.5) is 8.78 Å². The summed E-state index contributed by atoms with van der Waals surface area (Å²) in [6.45, 7) is 5.06. The third-order valence-electron chi connectivity index (χ3n) is 6.54. The van der Waals surface area contributed by atoms with Crippen molar-refractivity contribution in [2.24, 2.45) is 12.5 Å². The van der Waals surface area contributed by atoms with E-state index < -0.39 is 24.0 Å². The molecule has 2 nitrogen and oxygen atoms in total. The van der Waals surface area contributed by atoms with Gasteiger partial charge in [-0.15, -0.1) is 0 Å². The van der Waals surface area contributed by atoms with Crippen molar-refractivity contribution in [2.75, 3.05) is 0 Å². The van der Waals surface area contributed by atoms with Crippen LogP contribution >= 0.6 is 0 Å². The van der Waals surface area contributed by atoms with Crippen LogP contribution in [0.2, 0.25) is 0 Å². The van der Waals surface area contributed by atoms with E-state index in [1.165, 1.54) is 18.2 Å². The SMILES string of the molecule is [2H]C1([2H])c2ccc(-c3c(F)ccc4c3oc3c(-c5cc(F)cc[n+]5C)c(C)ccc34)cc2C([2H])([2H])C1(C)C. The van der Waals surface area contributed by atoms with Gasteiger partial charge >= 0.3 is 0 Å². The van der Waals surface area contributed by atoms with E-state index in [2.05, 4.69) is 0 Å². The van der Waals surface area contributed by atoms with Crippen LogP contribution in [-0.2, 0) is 19.8 Å². The predicted octanol–water partition coefficient (Wildman–Crippen LogP) is 7.46. The fourth-order valence-electron chi connectivity index (χ4n) is 4.97. The molecule has 0 atom stereocenters. The maximum absolute atomic E-state index is 15.5. The van der Waals surface area contributed by atoms with Gasteiger partial charge in [-0.05, 0) is 59.5 Å². The number of rotatable bonds is 2. The Bertz CT molecular complexity index is 1810. The molecule has 0 unspecified atom stereocenters. The topological polar surface area (TPSA) is 17.0 Å². The molecule has 3 aromatic carbocycles. The van der Waals surface area contributed by atoms with Gasteiger partial charge in [0.05, 0.1) is 11.1 Å². The molecule has 0 aliphatic heterocycles. The minimum atomic E-state index is -1.98. The molecule has 0 amide bonds. The fourth-order valence-corrected chi connectivity index (χ4v) is 4.97. The molecule has 170 valence electrons. The van der Waals surface area contributed by atoms with Gasteiger partial charge in [0.1, 0.15) is 29.8 Å². The van der Waals surface area contributed by atoms with Crippen LogP contribution in [0, 0.1) is 24.0 Å². The normalized spacial score (nSPS) is 19.5. The lowest BCUT2D eigenvalue weighted by molar-refractivity contribution is -0.660. The standard InChI is InChI=1S/C30H26F2NO/c1-17-5-8-22-23-9-10-24(32)27(18-6-7-19-15-30(2,3)16-20(19)13-18)29(23)34-28(22)26(17)25-14-21(31)11-12-33(25)4/h5-14H,15-16H2,1-4H3/q+1/i15D2,16D2. The van der Waals surface area contributed by atoms with Gasteiger partial charge in [0.15, 0.2) is 6.20 Å². The lowest BCUT2D eigenvalue weighted by Gasteiger charge is -2.14. The molecule has 5 aromatic rings. The van der Waals surface area contributed by atoms with Crippen molar-refractivity contribution in [3.05, 3.63) is 89.1 Å². The molecule has 0 N–H and O–H groups in total. The number of furan rings is 1. The quantitative estimate of drug-likeness (QED) is 0.251. The van der Waals surface area contributed by atoms with Crippen molar-refractivity contribution in [2.45, 2.75) is 33.5 Å². The molecule has 1 aliphatic carbocycles. The van der Waals surface area contributed by atoms with Crippen LogP contribution in [0.15, 0.2) is 65.2 Å². The molecule has 0 saturated carbocycles. The van der Waals surface area contributed by atoms with Crippen LogP contribution < -0.4 is 4.57 Å². The minimum absolute atomic E-state index is 0.176. The van der Waals surface area contributed by atoms with Gasteiger partial charge in [0.25, 0.3) is 0 Å². The molecule has 0 fully saturated rings. The molecule has 34 heavy (non-hydrogen) atoms.